The molecular weight excluding hydrogens is 259 g/mol. The number of aliphatic hydroxyl groups excluding tert-OH is 2. The zero-order valence-corrected chi connectivity index (χ0v) is 11.9. The van der Waals surface area contributed by atoms with E-state index in [1.807, 2.05) is 0 Å². The Hall–Kier alpha value is -0.0300. The summed E-state index contributed by atoms with van der Waals surface area (Å²) in [4.78, 5) is 14.5. The monoisotopic (exact) mass is 272 g/mol. The second-order valence-corrected chi connectivity index (χ2v) is 3.19. The molecule has 1 fully saturated rings. The standard InChI is InChI=1S/C9H14O8.Na/c10-7(2-1-3-16-13)14-4-6-5-15-8(11)9(12)17-6;/h1-2,6,8-9,11-13H,3-5H2;/q;+1/p-1/b2-1+;. The molecule has 18 heavy (non-hydrogen) atoms. The van der Waals surface area contributed by atoms with Gasteiger partial charge in [-0.2, -0.15) is 0 Å². The third kappa shape index (κ3) is 6.78. The van der Waals surface area contributed by atoms with Gasteiger partial charge < -0.3 is 34.6 Å². The quantitative estimate of drug-likeness (QED) is 0.167. The molecule has 0 aromatic carbocycles. The molecule has 3 atom stereocenters. The first-order valence-corrected chi connectivity index (χ1v) is 4.84. The average Bonchev–Trinajstić information content (AvgIpc) is 2.31. The number of rotatable bonds is 5. The number of carbonyl (C=O) groups excluding carboxylic acids is 1. The summed E-state index contributed by atoms with van der Waals surface area (Å²) in [6.45, 7) is -0.368. The van der Waals surface area contributed by atoms with E-state index in [0.717, 1.165) is 6.08 Å². The number of hydrogen-bond acceptors (Lipinski definition) is 8. The van der Waals surface area contributed by atoms with Crippen molar-refractivity contribution < 1.29 is 68.9 Å². The van der Waals surface area contributed by atoms with Gasteiger partial charge >= 0.3 is 35.5 Å². The van der Waals surface area contributed by atoms with Crippen molar-refractivity contribution in [2.75, 3.05) is 19.8 Å². The van der Waals surface area contributed by atoms with Gasteiger partial charge in [-0.3, -0.25) is 0 Å². The molecule has 0 amide bonds. The summed E-state index contributed by atoms with van der Waals surface area (Å²) in [6, 6.07) is 0. The van der Waals surface area contributed by atoms with E-state index >= 15 is 0 Å². The molecular formula is C9H13NaO8. The molecule has 0 aromatic heterocycles. The molecule has 0 aliphatic carbocycles. The molecule has 0 spiro atoms. The van der Waals surface area contributed by atoms with E-state index in [1.54, 1.807) is 0 Å². The summed E-state index contributed by atoms with van der Waals surface area (Å²) in [5.74, 6) is -0.675. The zero-order chi connectivity index (χ0) is 12.7. The maximum atomic E-state index is 11.0. The van der Waals surface area contributed by atoms with Crippen LogP contribution in [0.25, 0.3) is 0 Å². The molecule has 1 aliphatic heterocycles. The van der Waals surface area contributed by atoms with E-state index in [4.69, 9.17) is 24.4 Å². The fourth-order valence-electron chi connectivity index (χ4n) is 1.09. The molecule has 0 saturated carbocycles. The second kappa shape index (κ2) is 9.84. The van der Waals surface area contributed by atoms with Crippen molar-refractivity contribution in [1.29, 1.82) is 0 Å². The van der Waals surface area contributed by atoms with Gasteiger partial charge in [0.2, 0.25) is 12.6 Å². The van der Waals surface area contributed by atoms with E-state index in [-0.39, 0.29) is 49.4 Å². The van der Waals surface area contributed by atoms with Crippen molar-refractivity contribution in [2.45, 2.75) is 18.7 Å². The first-order valence-electron chi connectivity index (χ1n) is 4.84. The summed E-state index contributed by atoms with van der Waals surface area (Å²) < 4.78 is 14.4. The number of ether oxygens (including phenoxy) is 3. The van der Waals surface area contributed by atoms with Gasteiger partial charge in [0, 0.05) is 6.08 Å². The van der Waals surface area contributed by atoms with Gasteiger partial charge in [0.1, 0.15) is 12.7 Å². The predicted molar refractivity (Wildman–Crippen MR) is 48.9 cm³/mol. The fraction of sp³-hybridized carbons (Fsp3) is 0.667. The molecule has 8 nitrogen and oxygen atoms in total. The molecule has 2 N–H and O–H groups in total. The normalized spacial score (nSPS) is 27.8. The Bertz CT molecular complexity index is 271. The summed E-state index contributed by atoms with van der Waals surface area (Å²) >= 11 is 0. The van der Waals surface area contributed by atoms with Crippen molar-refractivity contribution >= 4 is 5.97 Å². The summed E-state index contributed by atoms with van der Waals surface area (Å²) in [5.41, 5.74) is 0. The smallest absolute Gasteiger partial charge is 0.723 e. The van der Waals surface area contributed by atoms with Crippen LogP contribution >= 0.6 is 0 Å². The molecule has 1 rings (SSSR count). The average molecular weight is 272 g/mol. The van der Waals surface area contributed by atoms with Gasteiger partial charge in [-0.15, -0.1) is 0 Å². The van der Waals surface area contributed by atoms with E-state index in [9.17, 15) is 10.1 Å². The van der Waals surface area contributed by atoms with Crippen LogP contribution in [0.1, 0.15) is 0 Å². The van der Waals surface area contributed by atoms with Crippen LogP contribution in [-0.2, 0) is 23.9 Å². The van der Waals surface area contributed by atoms with Crippen molar-refractivity contribution in [2.24, 2.45) is 0 Å². The second-order valence-electron chi connectivity index (χ2n) is 3.19. The maximum absolute atomic E-state index is 11.0. The van der Waals surface area contributed by atoms with Crippen molar-refractivity contribution in [3.8, 4) is 0 Å². The van der Waals surface area contributed by atoms with Crippen LogP contribution in [0.15, 0.2) is 12.2 Å². The summed E-state index contributed by atoms with van der Waals surface area (Å²) in [5, 5.41) is 27.6. The molecule has 1 aliphatic rings. The Morgan fingerprint density at radius 1 is 1.44 bits per heavy atom. The van der Waals surface area contributed by atoms with E-state index in [2.05, 4.69) is 4.89 Å². The van der Waals surface area contributed by atoms with Crippen LogP contribution in [0.5, 0.6) is 0 Å². The van der Waals surface area contributed by atoms with Gasteiger partial charge in [0.05, 0.1) is 13.2 Å². The first kappa shape index (κ1) is 18.0. The van der Waals surface area contributed by atoms with Gasteiger partial charge in [-0.25, -0.2) is 4.79 Å². The molecule has 9 heteroatoms. The minimum absolute atomic E-state index is 0. The topological polar surface area (TPSA) is 118 Å². The van der Waals surface area contributed by atoms with E-state index in [0.29, 0.717) is 0 Å². The van der Waals surface area contributed by atoms with Crippen molar-refractivity contribution in [3.63, 3.8) is 0 Å². The Morgan fingerprint density at radius 2 is 2.17 bits per heavy atom. The maximum Gasteiger partial charge on any atom is 1.00 e. The van der Waals surface area contributed by atoms with E-state index < -0.39 is 24.7 Å². The van der Waals surface area contributed by atoms with Crippen LogP contribution in [0, 0.1) is 0 Å². The molecule has 0 bridgehead atoms. The minimum Gasteiger partial charge on any atom is -0.723 e. The molecule has 1 saturated heterocycles. The minimum atomic E-state index is -1.46. The fourth-order valence-corrected chi connectivity index (χ4v) is 1.09. The number of esters is 1. The van der Waals surface area contributed by atoms with Crippen LogP contribution in [-0.4, -0.2) is 54.7 Å². The number of hydrogen-bond donors (Lipinski definition) is 2. The molecule has 0 radical (unpaired) electrons. The molecule has 1 heterocycles. The predicted octanol–water partition coefficient (Wildman–Crippen LogP) is -5.57. The van der Waals surface area contributed by atoms with E-state index in [1.165, 1.54) is 6.08 Å². The summed E-state index contributed by atoms with van der Waals surface area (Å²) in [6.07, 6.45) is -1.27. The van der Waals surface area contributed by atoms with Gasteiger partial charge in [-0.1, -0.05) is 6.08 Å². The van der Waals surface area contributed by atoms with Crippen LogP contribution < -0.4 is 34.8 Å². The van der Waals surface area contributed by atoms with Gasteiger partial charge in [0.25, 0.3) is 0 Å². The largest absolute Gasteiger partial charge is 1.00 e. The molecule has 3 unspecified atom stereocenters. The first-order chi connectivity index (χ1) is 8.13. The van der Waals surface area contributed by atoms with Gasteiger partial charge in [-0.05, 0) is 0 Å². The zero-order valence-electron chi connectivity index (χ0n) is 9.85. The van der Waals surface area contributed by atoms with Crippen LogP contribution in [0.4, 0.5) is 0 Å². The third-order valence-electron chi connectivity index (χ3n) is 1.86. The Morgan fingerprint density at radius 3 is 2.78 bits per heavy atom. The van der Waals surface area contributed by atoms with Crippen molar-refractivity contribution in [1.82, 2.24) is 0 Å². The number of aliphatic hydroxyl groups is 2. The molecule has 98 valence electrons. The SMILES string of the molecule is O=C(/C=C/CO[O-])OCC1COC(O)C(O)O1.[Na+]. The third-order valence-corrected chi connectivity index (χ3v) is 1.86. The Balaban J connectivity index is 0.00000289. The Labute approximate surface area is 125 Å². The van der Waals surface area contributed by atoms with Gasteiger partial charge in [0.15, 0.2) is 0 Å². The van der Waals surface area contributed by atoms with Crippen molar-refractivity contribution in [3.05, 3.63) is 12.2 Å². The number of carbonyl (C=O) groups is 1. The molecule has 0 aromatic rings. The van der Waals surface area contributed by atoms with Crippen LogP contribution in [0.2, 0.25) is 0 Å². The Kier molecular flexibility index (Phi) is 9.83. The van der Waals surface area contributed by atoms with Crippen LogP contribution in [0.3, 0.4) is 0 Å². The summed E-state index contributed by atoms with van der Waals surface area (Å²) in [7, 11) is 0.